The summed E-state index contributed by atoms with van der Waals surface area (Å²) in [5, 5.41) is 14.4. The summed E-state index contributed by atoms with van der Waals surface area (Å²) in [4.78, 5) is 6.99. The third-order valence-corrected chi connectivity index (χ3v) is 4.91. The van der Waals surface area contributed by atoms with Crippen LogP contribution in [0.5, 0.6) is 0 Å². The number of aryl methyl sites for hydroxylation is 1. The van der Waals surface area contributed by atoms with E-state index in [0.717, 1.165) is 49.9 Å². The van der Waals surface area contributed by atoms with Crippen LogP contribution in [0.15, 0.2) is 30.3 Å². The largest absolute Gasteiger partial charge is 0.392 e. The molecule has 0 amide bonds. The summed E-state index contributed by atoms with van der Waals surface area (Å²) in [5.74, 6) is 0.740. The molecule has 3 rings (SSSR count). The molecule has 0 aliphatic carbocycles. The minimum atomic E-state index is -0.220. The van der Waals surface area contributed by atoms with Crippen LogP contribution in [0.3, 0.4) is 0 Å². The number of aliphatic hydroxyl groups excluding tert-OH is 1. The second-order valence-corrected chi connectivity index (χ2v) is 7.16. The first-order valence-corrected chi connectivity index (χ1v) is 9.08. The molecule has 4 nitrogen and oxygen atoms in total. The first-order valence-electron chi connectivity index (χ1n) is 9.08. The van der Waals surface area contributed by atoms with Crippen LogP contribution < -0.4 is 5.32 Å². The van der Waals surface area contributed by atoms with Crippen LogP contribution in [0.2, 0.25) is 0 Å². The van der Waals surface area contributed by atoms with Crippen molar-refractivity contribution < 1.29 is 5.11 Å². The molecule has 0 spiro atoms. The maximum Gasteiger partial charge on any atom is 0.0708 e. The lowest BCUT2D eigenvalue weighted by atomic mass is 9.96. The Labute approximate surface area is 144 Å². The zero-order valence-electron chi connectivity index (χ0n) is 14.8. The van der Waals surface area contributed by atoms with Gasteiger partial charge < -0.3 is 15.3 Å². The first-order chi connectivity index (χ1) is 11.6. The molecule has 0 bridgehead atoms. The third-order valence-electron chi connectivity index (χ3n) is 4.91. The van der Waals surface area contributed by atoms with E-state index in [1.807, 2.05) is 13.0 Å². The fourth-order valence-electron chi connectivity index (χ4n) is 3.70. The van der Waals surface area contributed by atoms with Crippen LogP contribution in [-0.4, -0.2) is 47.3 Å². The minimum Gasteiger partial charge on any atom is -0.392 e. The Kier molecular flexibility index (Phi) is 5.82. The van der Waals surface area contributed by atoms with Gasteiger partial charge in [0.15, 0.2) is 0 Å². The van der Waals surface area contributed by atoms with E-state index in [0.29, 0.717) is 0 Å². The maximum atomic E-state index is 9.49. The topological polar surface area (TPSA) is 48.4 Å². The molecule has 0 radical (unpaired) electrons. The molecule has 1 fully saturated rings. The lowest BCUT2D eigenvalue weighted by molar-refractivity contribution is 0.0998. The summed E-state index contributed by atoms with van der Waals surface area (Å²) in [6, 6.07) is 10.6. The van der Waals surface area contributed by atoms with Crippen LogP contribution in [0.4, 0.5) is 0 Å². The van der Waals surface area contributed by atoms with Gasteiger partial charge in [-0.05, 0) is 69.9 Å². The van der Waals surface area contributed by atoms with Gasteiger partial charge >= 0.3 is 0 Å². The summed E-state index contributed by atoms with van der Waals surface area (Å²) in [7, 11) is 0. The fourth-order valence-corrected chi connectivity index (χ4v) is 3.70. The van der Waals surface area contributed by atoms with E-state index in [1.54, 1.807) is 0 Å². The average molecular weight is 327 g/mol. The van der Waals surface area contributed by atoms with Crippen molar-refractivity contribution in [3.63, 3.8) is 0 Å². The van der Waals surface area contributed by atoms with Crippen molar-refractivity contribution in [3.8, 4) is 0 Å². The van der Waals surface area contributed by atoms with E-state index in [2.05, 4.69) is 46.4 Å². The van der Waals surface area contributed by atoms with E-state index in [9.17, 15) is 5.11 Å². The van der Waals surface area contributed by atoms with Gasteiger partial charge in [-0.1, -0.05) is 18.2 Å². The number of rotatable bonds is 6. The Morgan fingerprint density at radius 1 is 1.29 bits per heavy atom. The van der Waals surface area contributed by atoms with Gasteiger partial charge in [0, 0.05) is 24.2 Å². The molecule has 24 heavy (non-hydrogen) atoms. The molecule has 1 aromatic heterocycles. The number of aliphatic hydroxyl groups is 1. The average Bonchev–Trinajstić information content (AvgIpc) is 2.56. The third kappa shape index (κ3) is 4.53. The molecule has 2 heterocycles. The van der Waals surface area contributed by atoms with E-state index in [4.69, 9.17) is 0 Å². The van der Waals surface area contributed by atoms with Crippen LogP contribution in [0.1, 0.15) is 31.0 Å². The lowest BCUT2D eigenvalue weighted by Gasteiger charge is -2.32. The highest BCUT2D eigenvalue weighted by Gasteiger charge is 2.19. The summed E-state index contributed by atoms with van der Waals surface area (Å²) in [6.45, 7) is 8.92. The zero-order chi connectivity index (χ0) is 16.9. The Balaban J connectivity index is 1.51. The van der Waals surface area contributed by atoms with E-state index in [1.165, 1.54) is 23.8 Å². The number of likely N-dealkylation sites (tertiary alicyclic amines) is 1. The molecule has 2 N–H and O–H groups in total. The van der Waals surface area contributed by atoms with Crippen LogP contribution in [-0.2, 0) is 6.54 Å². The molecule has 1 aliphatic rings. The molecule has 1 saturated heterocycles. The highest BCUT2D eigenvalue weighted by atomic mass is 16.3. The van der Waals surface area contributed by atoms with E-state index < -0.39 is 0 Å². The normalized spacial score (nSPS) is 18.1. The maximum absolute atomic E-state index is 9.49. The molecule has 130 valence electrons. The summed E-state index contributed by atoms with van der Waals surface area (Å²) in [6.07, 6.45) is 2.22. The number of hydrogen-bond donors (Lipinski definition) is 2. The Morgan fingerprint density at radius 3 is 2.79 bits per heavy atom. The molecule has 4 heteroatoms. The van der Waals surface area contributed by atoms with Gasteiger partial charge in [-0.2, -0.15) is 0 Å². The number of para-hydroxylation sites is 1. The molecule has 1 unspecified atom stereocenters. The fraction of sp³-hybridized carbons (Fsp3) is 0.550. The number of fused-ring (bicyclic) bond motifs is 1. The second-order valence-electron chi connectivity index (χ2n) is 7.16. The Hall–Kier alpha value is -1.49. The molecule has 1 aliphatic heterocycles. The standard InChI is InChI=1S/C20H29N3O/c1-15-11-18(19-5-3-4-6-20(19)22-15)13-21-12-17-7-9-23(10-8-17)14-16(2)24/h3-6,11,16-17,21,24H,7-10,12-14H2,1-2H3. The van der Waals surface area contributed by atoms with Crippen molar-refractivity contribution in [2.75, 3.05) is 26.2 Å². The number of piperidine rings is 1. The van der Waals surface area contributed by atoms with Crippen molar-refractivity contribution in [1.29, 1.82) is 0 Å². The van der Waals surface area contributed by atoms with Gasteiger partial charge in [0.1, 0.15) is 0 Å². The Morgan fingerprint density at radius 2 is 2.04 bits per heavy atom. The van der Waals surface area contributed by atoms with Crippen LogP contribution in [0.25, 0.3) is 10.9 Å². The molecular formula is C20H29N3O. The first kappa shape index (κ1) is 17.3. The zero-order valence-corrected chi connectivity index (χ0v) is 14.8. The lowest BCUT2D eigenvalue weighted by Crippen LogP contribution is -2.40. The molecule has 0 saturated carbocycles. The van der Waals surface area contributed by atoms with Crippen LogP contribution >= 0.6 is 0 Å². The summed E-state index contributed by atoms with van der Waals surface area (Å²) < 4.78 is 0. The highest BCUT2D eigenvalue weighted by molar-refractivity contribution is 5.82. The van der Waals surface area contributed by atoms with Gasteiger partial charge in [-0.15, -0.1) is 0 Å². The minimum absolute atomic E-state index is 0.220. The van der Waals surface area contributed by atoms with Crippen molar-refractivity contribution in [3.05, 3.63) is 41.6 Å². The van der Waals surface area contributed by atoms with Gasteiger partial charge in [0.05, 0.1) is 11.6 Å². The second kappa shape index (κ2) is 8.06. The van der Waals surface area contributed by atoms with Crippen molar-refractivity contribution in [1.82, 2.24) is 15.2 Å². The number of pyridine rings is 1. The smallest absolute Gasteiger partial charge is 0.0708 e. The van der Waals surface area contributed by atoms with E-state index in [-0.39, 0.29) is 6.10 Å². The number of benzene rings is 1. The van der Waals surface area contributed by atoms with Crippen molar-refractivity contribution >= 4 is 10.9 Å². The van der Waals surface area contributed by atoms with Crippen LogP contribution in [0, 0.1) is 12.8 Å². The highest BCUT2D eigenvalue weighted by Crippen LogP contribution is 2.19. The summed E-state index contributed by atoms with van der Waals surface area (Å²) >= 11 is 0. The van der Waals surface area contributed by atoms with Gasteiger partial charge in [0.25, 0.3) is 0 Å². The molecule has 1 atom stereocenters. The Bertz CT molecular complexity index is 663. The van der Waals surface area contributed by atoms with E-state index >= 15 is 0 Å². The number of β-amino-alcohol motifs (C(OH)–C–C–N with tert-alkyl or cyclic N) is 1. The quantitative estimate of drug-likeness (QED) is 0.856. The predicted octanol–water partition coefficient (Wildman–Crippen LogP) is 2.73. The number of hydrogen-bond acceptors (Lipinski definition) is 4. The number of nitrogens with one attached hydrogen (secondary N) is 1. The number of aromatic nitrogens is 1. The monoisotopic (exact) mass is 327 g/mol. The molecular weight excluding hydrogens is 298 g/mol. The van der Waals surface area contributed by atoms with Crippen molar-refractivity contribution in [2.24, 2.45) is 5.92 Å². The van der Waals surface area contributed by atoms with Crippen molar-refractivity contribution in [2.45, 2.75) is 39.3 Å². The molecule has 2 aromatic rings. The van der Waals surface area contributed by atoms with Gasteiger partial charge in [-0.3, -0.25) is 4.98 Å². The molecule has 1 aromatic carbocycles. The number of nitrogens with zero attached hydrogens (tertiary/aromatic N) is 2. The predicted molar refractivity (Wildman–Crippen MR) is 99.0 cm³/mol. The summed E-state index contributed by atoms with van der Waals surface area (Å²) in [5.41, 5.74) is 3.50. The van der Waals surface area contributed by atoms with Gasteiger partial charge in [0.2, 0.25) is 0 Å². The SMILES string of the molecule is Cc1cc(CNCC2CCN(CC(C)O)CC2)c2ccccc2n1. The van der Waals surface area contributed by atoms with Gasteiger partial charge in [-0.25, -0.2) is 0 Å².